The molecule has 1 rings (SSSR count). The van der Waals surface area contributed by atoms with Gasteiger partial charge < -0.3 is 112 Å². The molecule has 0 aromatic rings. The van der Waals surface area contributed by atoms with Crippen molar-refractivity contribution >= 4 is 118 Å². The van der Waals surface area contributed by atoms with Crippen molar-refractivity contribution in [1.29, 1.82) is 0 Å². The van der Waals surface area contributed by atoms with Crippen LogP contribution in [0.2, 0.25) is 0 Å². The Morgan fingerprint density at radius 2 is 0.795 bits per heavy atom. The molecular weight excluding hydrogens is 1590 g/mol. The first-order valence-corrected chi connectivity index (χ1v) is 41.4. The van der Waals surface area contributed by atoms with E-state index in [1.807, 2.05) is 13.8 Å². The average Bonchev–Trinajstić information content (AvgIpc) is 1.55. The van der Waals surface area contributed by atoms with Crippen molar-refractivity contribution in [2.24, 2.45) is 35.1 Å². The van der Waals surface area contributed by atoms with Crippen LogP contribution in [0.15, 0.2) is 0 Å². The van der Waals surface area contributed by atoms with E-state index in [1.54, 1.807) is 48.5 Å². The van der Waals surface area contributed by atoms with Gasteiger partial charge >= 0.3 is 0 Å². The van der Waals surface area contributed by atoms with Crippen LogP contribution in [0.3, 0.4) is 0 Å². The third-order valence-corrected chi connectivity index (χ3v) is 20.5. The van der Waals surface area contributed by atoms with Crippen molar-refractivity contribution in [3.8, 4) is 0 Å². The Balaban J connectivity index is 3.23. The lowest BCUT2D eigenvalue weighted by Crippen LogP contribution is -2.66. The highest BCUT2D eigenvalue weighted by molar-refractivity contribution is 6.04. The summed E-state index contributed by atoms with van der Waals surface area (Å²) < 4.78 is 0. The number of hydrogen-bond donors (Lipinski definition) is 20. The third kappa shape index (κ3) is 35.1. The molecule has 0 aromatic heterocycles. The number of carbonyl (C=O) groups excluding carboxylic acids is 20. The fraction of sp³-hybridized carbons (Fsp3) is 0.753. The maximum absolute atomic E-state index is 14.5. The van der Waals surface area contributed by atoms with Crippen LogP contribution >= 0.6 is 0 Å². The molecule has 41 nitrogen and oxygen atoms in total. The Hall–Kier alpha value is -10.6. The standard InChI is InChI=1S/C81H142N20O21/c1-27-80(25,98-61(110)50(32-34-55(83)105)91-68(117)76(17,18)95-62(111)51(37-43(5)6)88-59(108)46(11)86-56(106)39-84-66(115)74(13,14)93-47(12)103)71(120)92-58(45(9)10)65(114)97-75(15,16)67(116)85-40-57(107)94-81(26,28-2)72(121)100-79(23,24)73(122)101-35-29-30-53(101)64(113)89-52(38-44(7)8)63(112)96-78(21,22)70(119)99-77(19,20)69(118)90-49(31-33-54(82)104)60(109)87-48(41-102)36-42(3)4/h42-46,48-53,58,102H,27-41H2,1-26H3,(H2,82,104)(H2,83,105)(H,84,115)(H,85,116)(H,86,106)(H,87,109)(H,88,108)(H,89,113)(H,90,118)(H,91,117)(H,92,120)(H,93,103)(H,94,107)(H,95,111)(H,96,112)(H,97,114)(H,98,110)(H,99,119)(H,100,121)/t46-,48+,49+,50-,51+,52-,53-,58-,80-,81+/m0/s1. The zero-order chi connectivity index (χ0) is 94.7. The lowest BCUT2D eigenvalue weighted by Gasteiger charge is -2.37. The fourth-order valence-corrected chi connectivity index (χ4v) is 12.5. The molecule has 0 aromatic carbocycles. The molecule has 0 spiro atoms. The highest BCUT2D eigenvalue weighted by Gasteiger charge is 2.48. The van der Waals surface area contributed by atoms with Crippen LogP contribution in [0.1, 0.15) is 251 Å². The van der Waals surface area contributed by atoms with Crippen LogP contribution in [-0.2, 0) is 95.9 Å². The van der Waals surface area contributed by atoms with E-state index >= 15 is 0 Å². The predicted octanol–water partition coefficient (Wildman–Crippen LogP) is -3.10. The Morgan fingerprint density at radius 1 is 0.393 bits per heavy atom. The number of amides is 20. The third-order valence-electron chi connectivity index (χ3n) is 20.5. The monoisotopic (exact) mass is 1730 g/mol. The quantitative estimate of drug-likeness (QED) is 0.0287. The molecule has 1 fully saturated rings. The number of nitrogens with one attached hydrogen (secondary N) is 17. The number of hydrogen-bond acceptors (Lipinski definition) is 21. The summed E-state index contributed by atoms with van der Waals surface area (Å²) in [5, 5.41) is 53.6. The lowest BCUT2D eigenvalue weighted by molar-refractivity contribution is -0.146. The van der Waals surface area contributed by atoms with Crippen molar-refractivity contribution in [2.75, 3.05) is 26.2 Å². The number of aliphatic hydroxyl groups excluding tert-OH is 1. The summed E-state index contributed by atoms with van der Waals surface area (Å²) in [4.78, 5) is 272. The van der Waals surface area contributed by atoms with Crippen LogP contribution in [0, 0.1) is 23.7 Å². The minimum absolute atomic E-state index is 0.0414. The lowest BCUT2D eigenvalue weighted by atomic mass is 9.93. The molecule has 10 atom stereocenters. The van der Waals surface area contributed by atoms with Gasteiger partial charge in [0.15, 0.2) is 0 Å². The van der Waals surface area contributed by atoms with Crippen molar-refractivity contribution in [3.05, 3.63) is 0 Å². The molecule has 41 heteroatoms. The van der Waals surface area contributed by atoms with Crippen LogP contribution in [0.25, 0.3) is 0 Å². The van der Waals surface area contributed by atoms with Crippen LogP contribution < -0.4 is 102 Å². The average molecular weight is 1730 g/mol. The summed E-state index contributed by atoms with van der Waals surface area (Å²) in [6.45, 7) is 37.0. The summed E-state index contributed by atoms with van der Waals surface area (Å²) in [7, 11) is 0. The maximum Gasteiger partial charge on any atom is 0.248 e. The van der Waals surface area contributed by atoms with E-state index in [2.05, 4.69) is 90.4 Å². The van der Waals surface area contributed by atoms with Gasteiger partial charge in [-0.05, 0) is 185 Å². The molecule has 692 valence electrons. The van der Waals surface area contributed by atoms with E-state index in [0.29, 0.717) is 12.8 Å². The fourth-order valence-electron chi connectivity index (χ4n) is 12.5. The normalized spacial score (nSPS) is 16.0. The molecule has 0 aliphatic carbocycles. The number of carbonyl (C=O) groups is 20. The Labute approximate surface area is 716 Å². The maximum atomic E-state index is 14.5. The molecule has 1 heterocycles. The van der Waals surface area contributed by atoms with Gasteiger partial charge in [-0.2, -0.15) is 0 Å². The minimum Gasteiger partial charge on any atom is -0.394 e. The van der Waals surface area contributed by atoms with Crippen LogP contribution in [-0.4, -0.2) is 247 Å². The smallest absolute Gasteiger partial charge is 0.248 e. The largest absolute Gasteiger partial charge is 0.394 e. The van der Waals surface area contributed by atoms with Gasteiger partial charge in [0, 0.05) is 26.3 Å². The molecule has 0 unspecified atom stereocenters. The van der Waals surface area contributed by atoms with Gasteiger partial charge in [-0.1, -0.05) is 69.2 Å². The summed E-state index contributed by atoms with van der Waals surface area (Å²) in [6.07, 6.45) is -0.501. The molecule has 0 radical (unpaired) electrons. The first-order chi connectivity index (χ1) is 55.7. The van der Waals surface area contributed by atoms with Crippen molar-refractivity contribution in [2.45, 2.75) is 343 Å². The molecule has 22 N–H and O–H groups in total. The highest BCUT2D eigenvalue weighted by atomic mass is 16.3. The van der Waals surface area contributed by atoms with Gasteiger partial charge in [-0.3, -0.25) is 95.9 Å². The van der Waals surface area contributed by atoms with Gasteiger partial charge in [0.2, 0.25) is 118 Å². The molecule has 20 amide bonds. The molecule has 1 aliphatic rings. The van der Waals surface area contributed by atoms with E-state index in [-0.39, 0.29) is 69.2 Å². The Bertz CT molecular complexity index is 3820. The van der Waals surface area contributed by atoms with E-state index in [9.17, 15) is 101 Å². The molecule has 0 bridgehead atoms. The van der Waals surface area contributed by atoms with Gasteiger partial charge in [0.1, 0.15) is 86.6 Å². The van der Waals surface area contributed by atoms with E-state index in [0.717, 1.165) is 0 Å². The zero-order valence-electron chi connectivity index (χ0n) is 76.2. The van der Waals surface area contributed by atoms with Crippen LogP contribution in [0.4, 0.5) is 0 Å². The van der Waals surface area contributed by atoms with Crippen LogP contribution in [0.5, 0.6) is 0 Å². The first kappa shape index (κ1) is 109. The number of nitrogens with zero attached hydrogens (tertiary/aromatic N) is 1. The van der Waals surface area contributed by atoms with Crippen molar-refractivity contribution in [3.63, 3.8) is 0 Å². The molecular formula is C81H142N20O21. The number of likely N-dealkylation sites (tertiary alicyclic amines) is 1. The second-order valence-corrected chi connectivity index (χ2v) is 36.7. The SMILES string of the molecule is CC[C@@](C)(NC(=O)CNC(=O)C(C)(C)NC(=O)[C@@H](NC(=O)[C@](C)(CC)NC(=O)[C@H](CCC(N)=O)NC(=O)C(C)(C)NC(=O)[C@@H](CC(C)C)NC(=O)[C@H](C)NC(=O)CNC(=O)C(C)(C)NC(C)=O)C(C)C)C(=O)NC(C)(C)C(=O)N1CCC[C@H]1C(=O)N[C@@H](CC(C)C)C(=O)NC(C)(C)C(=O)NC(C)(C)C(=O)N[C@H](CCC(N)=O)C(=O)N[C@@H](CO)CC(C)C. The predicted molar refractivity (Wildman–Crippen MR) is 450 cm³/mol. The highest BCUT2D eigenvalue weighted by Crippen LogP contribution is 2.25. The van der Waals surface area contributed by atoms with Gasteiger partial charge in [-0.25, -0.2) is 0 Å². The topological polar surface area (TPSA) is 621 Å². The Morgan fingerprint density at radius 3 is 1.24 bits per heavy atom. The summed E-state index contributed by atoms with van der Waals surface area (Å²) in [5.41, 5.74) is -2.99. The van der Waals surface area contributed by atoms with E-state index in [4.69, 9.17) is 11.5 Å². The number of rotatable bonds is 50. The summed E-state index contributed by atoms with van der Waals surface area (Å²) >= 11 is 0. The van der Waals surface area contributed by atoms with Gasteiger partial charge in [-0.15, -0.1) is 0 Å². The van der Waals surface area contributed by atoms with Crippen molar-refractivity contribution < 1.29 is 101 Å². The van der Waals surface area contributed by atoms with Gasteiger partial charge in [0.25, 0.3) is 0 Å². The van der Waals surface area contributed by atoms with Gasteiger partial charge in [0.05, 0.1) is 25.7 Å². The first-order valence-electron chi connectivity index (χ1n) is 41.4. The number of nitrogens with two attached hydrogens (primary N) is 2. The molecule has 0 saturated carbocycles. The molecule has 1 saturated heterocycles. The zero-order valence-corrected chi connectivity index (χ0v) is 76.2. The minimum atomic E-state index is -1.85. The summed E-state index contributed by atoms with van der Waals surface area (Å²) in [6, 6.07) is -9.86. The van der Waals surface area contributed by atoms with E-state index < -0.39 is 249 Å². The van der Waals surface area contributed by atoms with Crippen molar-refractivity contribution in [1.82, 2.24) is 95.3 Å². The Kier molecular flexibility index (Phi) is 41.7. The summed E-state index contributed by atoms with van der Waals surface area (Å²) in [5.74, 6) is -17.1. The molecule has 1 aliphatic heterocycles. The number of aliphatic hydroxyl groups is 1. The molecule has 122 heavy (non-hydrogen) atoms. The second-order valence-electron chi connectivity index (χ2n) is 36.7. The van der Waals surface area contributed by atoms with E-state index in [1.165, 1.54) is 123 Å². The second kappa shape index (κ2) is 46.6. The number of primary amides is 2.